The molecule has 0 unspecified atom stereocenters. The van der Waals surface area contributed by atoms with E-state index in [1.807, 2.05) is 0 Å². The van der Waals surface area contributed by atoms with Gasteiger partial charge < -0.3 is 15.5 Å². The fraction of sp³-hybridized carbons (Fsp3) is 0.556. The third-order valence-corrected chi connectivity index (χ3v) is 4.66. The third kappa shape index (κ3) is 4.04. The minimum atomic E-state index is -0.439. The summed E-state index contributed by atoms with van der Waals surface area (Å²) >= 11 is 0. The van der Waals surface area contributed by atoms with Gasteiger partial charge in [0.1, 0.15) is 5.82 Å². The van der Waals surface area contributed by atoms with Crippen molar-refractivity contribution in [2.75, 3.05) is 10.2 Å². The van der Waals surface area contributed by atoms with Crippen LogP contribution in [0.1, 0.15) is 51.9 Å². The average molecular weight is 333 g/mol. The Labute approximate surface area is 141 Å². The number of nitrogens with zero attached hydrogens (tertiary/aromatic N) is 1. The molecule has 2 aliphatic rings. The molecule has 130 valence electrons. The molecule has 24 heavy (non-hydrogen) atoms. The van der Waals surface area contributed by atoms with Crippen molar-refractivity contribution in [2.24, 2.45) is 0 Å². The average Bonchev–Trinajstić information content (AvgIpc) is 3.35. The van der Waals surface area contributed by atoms with Gasteiger partial charge in [-0.15, -0.1) is 0 Å². The monoisotopic (exact) mass is 333 g/mol. The van der Waals surface area contributed by atoms with Gasteiger partial charge in [0.25, 0.3) is 0 Å². The highest BCUT2D eigenvalue weighted by Gasteiger charge is 2.33. The number of benzene rings is 1. The Hall–Kier alpha value is -2.11. The Balaban J connectivity index is 1.74. The van der Waals surface area contributed by atoms with E-state index < -0.39 is 5.82 Å². The zero-order valence-corrected chi connectivity index (χ0v) is 14.0. The molecule has 0 atom stereocenters. The van der Waals surface area contributed by atoms with E-state index in [9.17, 15) is 14.0 Å². The highest BCUT2D eigenvalue weighted by Crippen LogP contribution is 2.36. The number of carbonyl (C=O) groups is 2. The minimum absolute atomic E-state index is 0.0974. The van der Waals surface area contributed by atoms with Crippen molar-refractivity contribution in [1.29, 1.82) is 0 Å². The Morgan fingerprint density at radius 2 is 1.83 bits per heavy atom. The lowest BCUT2D eigenvalue weighted by atomic mass is 9.96. The first-order chi connectivity index (χ1) is 11.5. The van der Waals surface area contributed by atoms with Crippen LogP contribution in [0, 0.1) is 5.82 Å². The molecule has 2 fully saturated rings. The first-order valence-electron chi connectivity index (χ1n) is 8.71. The second kappa shape index (κ2) is 7.20. The molecular weight excluding hydrogens is 309 g/mol. The number of nitrogens with one attached hydrogen (secondary N) is 2. The van der Waals surface area contributed by atoms with Gasteiger partial charge in [-0.3, -0.25) is 4.79 Å². The molecular formula is C18H24FN3O2. The van der Waals surface area contributed by atoms with Crippen LogP contribution in [0.2, 0.25) is 0 Å². The number of urea groups is 1. The van der Waals surface area contributed by atoms with E-state index in [-0.39, 0.29) is 24.0 Å². The van der Waals surface area contributed by atoms with Crippen LogP contribution in [0.25, 0.3) is 0 Å². The van der Waals surface area contributed by atoms with Crippen LogP contribution in [0.3, 0.4) is 0 Å². The van der Waals surface area contributed by atoms with Crippen LogP contribution >= 0.6 is 0 Å². The lowest BCUT2D eigenvalue weighted by Crippen LogP contribution is -2.39. The second-order valence-corrected chi connectivity index (χ2v) is 6.72. The molecule has 5 nitrogen and oxygen atoms in total. The molecule has 0 aromatic heterocycles. The molecule has 0 aliphatic heterocycles. The SMILES string of the molecule is CC(=O)N(c1ccc(F)cc1NC(=O)NC1CCCCC1)C1CC1. The van der Waals surface area contributed by atoms with Crippen molar-refractivity contribution in [3.63, 3.8) is 0 Å². The molecule has 0 heterocycles. The van der Waals surface area contributed by atoms with Gasteiger partial charge in [0, 0.05) is 19.0 Å². The molecule has 3 rings (SSSR count). The van der Waals surface area contributed by atoms with Crippen LogP contribution in [-0.2, 0) is 4.79 Å². The van der Waals surface area contributed by atoms with Crippen molar-refractivity contribution >= 4 is 23.3 Å². The molecule has 0 spiro atoms. The molecule has 2 saturated carbocycles. The first kappa shape index (κ1) is 16.7. The molecule has 6 heteroatoms. The molecule has 2 aliphatic carbocycles. The lowest BCUT2D eigenvalue weighted by molar-refractivity contribution is -0.116. The van der Waals surface area contributed by atoms with E-state index in [1.165, 1.54) is 25.5 Å². The fourth-order valence-electron chi connectivity index (χ4n) is 3.37. The highest BCUT2D eigenvalue weighted by atomic mass is 19.1. The van der Waals surface area contributed by atoms with Gasteiger partial charge in [-0.1, -0.05) is 19.3 Å². The van der Waals surface area contributed by atoms with Crippen LogP contribution < -0.4 is 15.5 Å². The van der Waals surface area contributed by atoms with Crippen molar-refractivity contribution < 1.29 is 14.0 Å². The van der Waals surface area contributed by atoms with Crippen molar-refractivity contribution in [3.8, 4) is 0 Å². The number of rotatable bonds is 4. The van der Waals surface area contributed by atoms with Gasteiger partial charge in [-0.2, -0.15) is 0 Å². The Morgan fingerprint density at radius 3 is 2.46 bits per heavy atom. The summed E-state index contributed by atoms with van der Waals surface area (Å²) in [6.45, 7) is 1.49. The minimum Gasteiger partial charge on any atom is -0.335 e. The predicted octanol–water partition coefficient (Wildman–Crippen LogP) is 3.80. The third-order valence-electron chi connectivity index (χ3n) is 4.66. The van der Waals surface area contributed by atoms with E-state index in [0.29, 0.717) is 11.4 Å². The van der Waals surface area contributed by atoms with Crippen LogP contribution in [0.5, 0.6) is 0 Å². The van der Waals surface area contributed by atoms with Crippen LogP contribution in [0.15, 0.2) is 18.2 Å². The highest BCUT2D eigenvalue weighted by molar-refractivity contribution is 6.00. The summed E-state index contributed by atoms with van der Waals surface area (Å²) in [4.78, 5) is 25.9. The molecule has 3 amide bonds. The van der Waals surface area contributed by atoms with E-state index in [2.05, 4.69) is 10.6 Å². The normalized spacial score (nSPS) is 18.1. The first-order valence-corrected chi connectivity index (χ1v) is 8.71. The smallest absolute Gasteiger partial charge is 0.319 e. The Kier molecular flexibility index (Phi) is 5.02. The molecule has 0 bridgehead atoms. The topological polar surface area (TPSA) is 61.4 Å². The number of carbonyl (C=O) groups excluding carboxylic acids is 2. The van der Waals surface area contributed by atoms with E-state index >= 15 is 0 Å². The van der Waals surface area contributed by atoms with Gasteiger partial charge >= 0.3 is 6.03 Å². The lowest BCUT2D eigenvalue weighted by Gasteiger charge is -2.26. The summed E-state index contributed by atoms with van der Waals surface area (Å²) in [6, 6.07) is 4.13. The van der Waals surface area contributed by atoms with E-state index in [1.54, 1.807) is 11.0 Å². The summed E-state index contributed by atoms with van der Waals surface area (Å²) in [5, 5.41) is 5.68. The van der Waals surface area contributed by atoms with Gasteiger partial charge in [0.15, 0.2) is 0 Å². The largest absolute Gasteiger partial charge is 0.335 e. The van der Waals surface area contributed by atoms with Crippen LogP contribution in [0.4, 0.5) is 20.6 Å². The maximum atomic E-state index is 13.7. The van der Waals surface area contributed by atoms with Gasteiger partial charge in [0.2, 0.25) is 5.91 Å². The van der Waals surface area contributed by atoms with Gasteiger partial charge in [0.05, 0.1) is 11.4 Å². The summed E-state index contributed by atoms with van der Waals surface area (Å²) in [5.74, 6) is -0.536. The summed E-state index contributed by atoms with van der Waals surface area (Å²) < 4.78 is 13.7. The van der Waals surface area contributed by atoms with Crippen molar-refractivity contribution in [3.05, 3.63) is 24.0 Å². The van der Waals surface area contributed by atoms with Crippen molar-refractivity contribution in [1.82, 2.24) is 5.32 Å². The molecule has 1 aromatic rings. The number of hydrogen-bond donors (Lipinski definition) is 2. The molecule has 0 saturated heterocycles. The van der Waals surface area contributed by atoms with Gasteiger partial charge in [-0.05, 0) is 43.9 Å². The van der Waals surface area contributed by atoms with Gasteiger partial charge in [-0.25, -0.2) is 9.18 Å². The van der Waals surface area contributed by atoms with E-state index in [0.717, 1.165) is 38.5 Å². The maximum absolute atomic E-state index is 13.7. The quantitative estimate of drug-likeness (QED) is 0.880. The van der Waals surface area contributed by atoms with Crippen molar-refractivity contribution in [2.45, 2.75) is 64.0 Å². The maximum Gasteiger partial charge on any atom is 0.319 e. The fourth-order valence-corrected chi connectivity index (χ4v) is 3.37. The summed E-state index contributed by atoms with van der Waals surface area (Å²) in [7, 11) is 0. The Bertz CT molecular complexity index is 625. The zero-order valence-electron chi connectivity index (χ0n) is 14.0. The predicted molar refractivity (Wildman–Crippen MR) is 91.6 cm³/mol. The number of hydrogen-bond acceptors (Lipinski definition) is 2. The standard InChI is InChI=1S/C18H24FN3O2/c1-12(23)22(15-8-9-15)17-10-7-13(19)11-16(17)21-18(24)20-14-5-3-2-4-6-14/h7,10-11,14-15H,2-6,8-9H2,1H3,(H2,20,21,24). The number of anilines is 2. The summed E-state index contributed by atoms with van der Waals surface area (Å²) in [5.41, 5.74) is 0.899. The zero-order chi connectivity index (χ0) is 17.1. The van der Waals surface area contributed by atoms with Crippen LogP contribution in [-0.4, -0.2) is 24.0 Å². The number of halogens is 1. The molecule has 0 radical (unpaired) electrons. The summed E-state index contributed by atoms with van der Waals surface area (Å²) in [6.07, 6.45) is 7.28. The Morgan fingerprint density at radius 1 is 1.12 bits per heavy atom. The molecule has 2 N–H and O–H groups in total. The second-order valence-electron chi connectivity index (χ2n) is 6.72. The molecule has 1 aromatic carbocycles. The van der Waals surface area contributed by atoms with E-state index in [4.69, 9.17) is 0 Å². The number of amides is 3.